The lowest BCUT2D eigenvalue weighted by Gasteiger charge is -2.24. The largest absolute Gasteiger partial charge is 0.241 e. The minimum Gasteiger partial charge on any atom is -0.208 e. The van der Waals surface area contributed by atoms with E-state index in [4.69, 9.17) is 0 Å². The van der Waals surface area contributed by atoms with Crippen molar-refractivity contribution >= 4 is 10.0 Å². The maximum Gasteiger partial charge on any atom is 0.241 e. The van der Waals surface area contributed by atoms with Gasteiger partial charge >= 0.3 is 0 Å². The van der Waals surface area contributed by atoms with Gasteiger partial charge in [0.1, 0.15) is 0 Å². The van der Waals surface area contributed by atoms with Crippen molar-refractivity contribution < 1.29 is 8.42 Å². The molecule has 3 rings (SSSR count). The van der Waals surface area contributed by atoms with E-state index < -0.39 is 10.0 Å². The van der Waals surface area contributed by atoms with Gasteiger partial charge in [-0.15, -0.1) is 0 Å². The van der Waals surface area contributed by atoms with E-state index in [1.807, 2.05) is 32.9 Å². The average Bonchev–Trinajstić information content (AvgIpc) is 2.87. The zero-order valence-electron chi connectivity index (χ0n) is 12.4. The molecule has 0 saturated heterocycles. The van der Waals surface area contributed by atoms with Gasteiger partial charge in [0.15, 0.2) is 0 Å². The molecule has 0 heterocycles. The number of benzene rings is 1. The van der Waals surface area contributed by atoms with Crippen molar-refractivity contribution in [3.05, 3.63) is 28.8 Å². The first-order valence-electron chi connectivity index (χ1n) is 7.47. The lowest BCUT2D eigenvalue weighted by atomic mass is 9.96. The fraction of sp³-hybridized carbons (Fsp3) is 0.625. The predicted molar refractivity (Wildman–Crippen MR) is 80.2 cm³/mol. The maximum atomic E-state index is 12.7. The Labute approximate surface area is 121 Å². The Balaban J connectivity index is 1.89. The predicted octanol–water partition coefficient (Wildman–Crippen LogP) is 3.08. The summed E-state index contributed by atoms with van der Waals surface area (Å²) in [5.41, 5.74) is 2.80. The van der Waals surface area contributed by atoms with Crippen LogP contribution in [0.15, 0.2) is 17.0 Å². The van der Waals surface area contributed by atoms with Crippen LogP contribution in [0.4, 0.5) is 0 Å². The third-order valence-electron chi connectivity index (χ3n) is 4.92. The SMILES string of the molecule is Cc1cc(C)c(S(=O)(=O)N[C@H]2C[C@@H]3CC[C@@H]2C3)c(C)c1. The molecule has 2 saturated carbocycles. The molecule has 2 bridgehead atoms. The summed E-state index contributed by atoms with van der Waals surface area (Å²) in [5, 5.41) is 0. The minimum absolute atomic E-state index is 0.152. The van der Waals surface area contributed by atoms with Crippen molar-refractivity contribution in [2.45, 2.75) is 57.4 Å². The summed E-state index contributed by atoms with van der Waals surface area (Å²) in [6.07, 6.45) is 4.70. The van der Waals surface area contributed by atoms with Gasteiger partial charge < -0.3 is 0 Å². The number of aryl methyl sites for hydroxylation is 3. The summed E-state index contributed by atoms with van der Waals surface area (Å²) in [7, 11) is -3.39. The van der Waals surface area contributed by atoms with Gasteiger partial charge in [0.25, 0.3) is 0 Å². The van der Waals surface area contributed by atoms with Gasteiger partial charge in [-0.2, -0.15) is 0 Å². The smallest absolute Gasteiger partial charge is 0.208 e. The van der Waals surface area contributed by atoms with Crippen LogP contribution in [-0.4, -0.2) is 14.5 Å². The van der Waals surface area contributed by atoms with E-state index >= 15 is 0 Å². The summed E-state index contributed by atoms with van der Waals surface area (Å²) in [6, 6.07) is 4.05. The molecule has 1 aromatic rings. The summed E-state index contributed by atoms with van der Waals surface area (Å²) < 4.78 is 28.4. The summed E-state index contributed by atoms with van der Waals surface area (Å²) in [4.78, 5) is 0.478. The second-order valence-corrected chi connectivity index (χ2v) is 8.28. The number of hydrogen-bond donors (Lipinski definition) is 1. The summed E-state index contributed by atoms with van der Waals surface area (Å²) in [6.45, 7) is 5.77. The highest BCUT2D eigenvalue weighted by atomic mass is 32.2. The van der Waals surface area contributed by atoms with Crippen LogP contribution in [0.5, 0.6) is 0 Å². The fourth-order valence-electron chi connectivity index (χ4n) is 4.24. The minimum atomic E-state index is -3.39. The van der Waals surface area contributed by atoms with Gasteiger partial charge in [-0.25, -0.2) is 13.1 Å². The molecule has 0 unspecified atom stereocenters. The van der Waals surface area contributed by atoms with Crippen molar-refractivity contribution in [2.24, 2.45) is 11.8 Å². The molecule has 2 fully saturated rings. The van der Waals surface area contributed by atoms with E-state index in [-0.39, 0.29) is 6.04 Å². The molecule has 110 valence electrons. The van der Waals surface area contributed by atoms with Crippen LogP contribution < -0.4 is 4.72 Å². The second-order valence-electron chi connectivity index (χ2n) is 6.63. The van der Waals surface area contributed by atoms with Gasteiger partial charge in [0.2, 0.25) is 10.0 Å². The molecule has 0 aliphatic heterocycles. The molecular formula is C16H23NO2S. The van der Waals surface area contributed by atoms with Crippen molar-refractivity contribution in [1.29, 1.82) is 0 Å². The monoisotopic (exact) mass is 293 g/mol. The van der Waals surface area contributed by atoms with Gasteiger partial charge in [0, 0.05) is 6.04 Å². The Morgan fingerprint density at radius 1 is 1.05 bits per heavy atom. The third kappa shape index (κ3) is 2.40. The highest BCUT2D eigenvalue weighted by molar-refractivity contribution is 7.89. The van der Waals surface area contributed by atoms with E-state index in [2.05, 4.69) is 4.72 Å². The molecule has 3 nitrogen and oxygen atoms in total. The molecule has 0 aromatic heterocycles. The molecule has 4 heteroatoms. The van der Waals surface area contributed by atoms with E-state index in [0.717, 1.165) is 29.0 Å². The van der Waals surface area contributed by atoms with E-state index in [9.17, 15) is 8.42 Å². The Hall–Kier alpha value is -0.870. The molecule has 1 aromatic carbocycles. The number of rotatable bonds is 3. The van der Waals surface area contributed by atoms with Gasteiger partial charge in [-0.05, 0) is 63.0 Å². The van der Waals surface area contributed by atoms with Crippen molar-refractivity contribution in [2.75, 3.05) is 0 Å². The van der Waals surface area contributed by atoms with Crippen LogP contribution in [0.2, 0.25) is 0 Å². The van der Waals surface area contributed by atoms with Crippen LogP contribution in [0.3, 0.4) is 0 Å². The normalized spacial score (nSPS) is 29.1. The zero-order valence-corrected chi connectivity index (χ0v) is 13.3. The Morgan fingerprint density at radius 2 is 1.70 bits per heavy atom. The Kier molecular flexibility index (Phi) is 3.41. The fourth-order valence-corrected chi connectivity index (χ4v) is 6.01. The molecular weight excluding hydrogens is 270 g/mol. The first-order chi connectivity index (χ1) is 9.37. The molecule has 0 radical (unpaired) electrons. The lowest BCUT2D eigenvalue weighted by Crippen LogP contribution is -2.39. The quantitative estimate of drug-likeness (QED) is 0.931. The van der Waals surface area contributed by atoms with E-state index in [1.54, 1.807) is 0 Å². The van der Waals surface area contributed by atoms with Gasteiger partial charge in [-0.1, -0.05) is 24.1 Å². The molecule has 0 spiro atoms. The molecule has 3 atom stereocenters. The number of sulfonamides is 1. The topological polar surface area (TPSA) is 46.2 Å². The third-order valence-corrected chi connectivity index (χ3v) is 6.71. The highest BCUT2D eigenvalue weighted by Crippen LogP contribution is 2.45. The first kappa shape index (κ1) is 14.1. The van der Waals surface area contributed by atoms with Crippen LogP contribution in [-0.2, 0) is 10.0 Å². The summed E-state index contributed by atoms with van der Waals surface area (Å²) in [5.74, 6) is 1.30. The van der Waals surface area contributed by atoms with Crippen LogP contribution in [0.1, 0.15) is 42.4 Å². The zero-order chi connectivity index (χ0) is 14.5. The number of nitrogens with one attached hydrogen (secondary N) is 1. The average molecular weight is 293 g/mol. The standard InChI is InChI=1S/C16H23NO2S/c1-10-6-11(2)16(12(3)7-10)20(18,19)17-15-9-13-4-5-14(15)8-13/h6-7,13-15,17H,4-5,8-9H2,1-3H3/t13-,14-,15+/m1/s1. The summed E-state index contributed by atoms with van der Waals surface area (Å²) >= 11 is 0. The first-order valence-corrected chi connectivity index (χ1v) is 8.95. The number of hydrogen-bond acceptors (Lipinski definition) is 2. The van der Waals surface area contributed by atoms with E-state index in [0.29, 0.717) is 10.8 Å². The van der Waals surface area contributed by atoms with Gasteiger partial charge in [0.05, 0.1) is 4.90 Å². The molecule has 2 aliphatic rings. The second kappa shape index (κ2) is 4.85. The Bertz CT molecular complexity index is 613. The molecule has 0 amide bonds. The molecule has 20 heavy (non-hydrogen) atoms. The van der Waals surface area contributed by atoms with Gasteiger partial charge in [-0.3, -0.25) is 0 Å². The Morgan fingerprint density at radius 3 is 2.20 bits per heavy atom. The highest BCUT2D eigenvalue weighted by Gasteiger charge is 2.41. The van der Waals surface area contributed by atoms with Crippen LogP contribution in [0, 0.1) is 32.6 Å². The van der Waals surface area contributed by atoms with E-state index in [1.165, 1.54) is 19.3 Å². The van der Waals surface area contributed by atoms with Crippen molar-refractivity contribution in [3.63, 3.8) is 0 Å². The number of fused-ring (bicyclic) bond motifs is 2. The van der Waals surface area contributed by atoms with Crippen molar-refractivity contribution in [3.8, 4) is 0 Å². The molecule has 1 N–H and O–H groups in total. The molecule has 2 aliphatic carbocycles. The van der Waals surface area contributed by atoms with Crippen molar-refractivity contribution in [1.82, 2.24) is 4.72 Å². The van der Waals surface area contributed by atoms with Crippen LogP contribution in [0.25, 0.3) is 0 Å². The lowest BCUT2D eigenvalue weighted by molar-refractivity contribution is 0.390. The van der Waals surface area contributed by atoms with Crippen LogP contribution >= 0.6 is 0 Å². The maximum absolute atomic E-state index is 12.7.